The van der Waals surface area contributed by atoms with E-state index in [1.165, 1.54) is 10.7 Å². The van der Waals surface area contributed by atoms with Crippen LogP contribution in [0.5, 0.6) is 0 Å². The van der Waals surface area contributed by atoms with Crippen molar-refractivity contribution >= 4 is 9.84 Å². The van der Waals surface area contributed by atoms with Gasteiger partial charge >= 0.3 is 6.18 Å². The van der Waals surface area contributed by atoms with E-state index in [0.29, 0.717) is 29.9 Å². The Morgan fingerprint density at radius 3 is 2.15 bits per heavy atom. The zero-order valence-electron chi connectivity index (χ0n) is 19.1. The smallest absolute Gasteiger partial charge is 0.304 e. The van der Waals surface area contributed by atoms with Crippen molar-refractivity contribution in [3.63, 3.8) is 0 Å². The van der Waals surface area contributed by atoms with Gasteiger partial charge in [-0.2, -0.15) is 18.3 Å². The van der Waals surface area contributed by atoms with Crippen molar-refractivity contribution in [2.45, 2.75) is 17.6 Å². The molecule has 0 amide bonds. The third-order valence-electron chi connectivity index (χ3n) is 6.07. The summed E-state index contributed by atoms with van der Waals surface area (Å²) in [5, 5.41) is 3.86. The molecule has 0 spiro atoms. The predicted molar refractivity (Wildman–Crippen MR) is 125 cm³/mol. The Kier molecular flexibility index (Phi) is 6.84. The molecule has 4 rings (SSSR count). The summed E-state index contributed by atoms with van der Waals surface area (Å²) < 4.78 is 65.4. The second kappa shape index (κ2) is 9.52. The molecular weight excluding hydrogens is 465 g/mol. The highest BCUT2D eigenvalue weighted by Crippen LogP contribution is 2.33. The Labute approximate surface area is 197 Å². The maximum absolute atomic E-state index is 13.4. The van der Waals surface area contributed by atoms with Gasteiger partial charge in [-0.1, -0.05) is 36.4 Å². The molecule has 0 saturated carbocycles. The molecule has 1 aliphatic rings. The summed E-state index contributed by atoms with van der Waals surface area (Å²) in [6.45, 7) is 4.59. The summed E-state index contributed by atoms with van der Waals surface area (Å²) in [6.07, 6.45) is -3.38. The SMILES string of the molecule is CN1CCN(CCn2nc(C(F)(F)F)cc2-c2ccc(-c3cccc(S(C)(=O)=O)c3)cc2)CC1. The maximum atomic E-state index is 13.4. The van der Waals surface area contributed by atoms with Gasteiger partial charge in [0.15, 0.2) is 15.5 Å². The first kappa shape index (κ1) is 24.4. The molecule has 1 aliphatic heterocycles. The highest BCUT2D eigenvalue weighted by atomic mass is 32.2. The van der Waals surface area contributed by atoms with E-state index in [1.807, 2.05) is 0 Å². The summed E-state index contributed by atoms with van der Waals surface area (Å²) in [4.78, 5) is 4.67. The van der Waals surface area contributed by atoms with Crippen molar-refractivity contribution < 1.29 is 21.6 Å². The van der Waals surface area contributed by atoms with Crippen molar-refractivity contribution in [2.24, 2.45) is 0 Å². The molecule has 0 radical (unpaired) electrons. The van der Waals surface area contributed by atoms with Crippen molar-refractivity contribution in [3.05, 3.63) is 60.3 Å². The fourth-order valence-electron chi connectivity index (χ4n) is 4.01. The van der Waals surface area contributed by atoms with Crippen LogP contribution in [0.2, 0.25) is 0 Å². The monoisotopic (exact) mass is 492 g/mol. The summed E-state index contributed by atoms with van der Waals surface area (Å²) in [5.41, 5.74) is 1.59. The van der Waals surface area contributed by atoms with Crippen LogP contribution in [0.3, 0.4) is 0 Å². The number of benzene rings is 2. The molecule has 1 aromatic heterocycles. The van der Waals surface area contributed by atoms with Crippen LogP contribution in [0, 0.1) is 0 Å². The molecule has 1 fully saturated rings. The fourth-order valence-corrected chi connectivity index (χ4v) is 4.67. The third-order valence-corrected chi connectivity index (χ3v) is 7.18. The summed E-state index contributed by atoms with van der Waals surface area (Å²) in [6, 6.07) is 14.7. The number of piperazine rings is 1. The van der Waals surface area contributed by atoms with Crippen molar-refractivity contribution in [1.29, 1.82) is 0 Å². The first-order valence-corrected chi connectivity index (χ1v) is 12.9. The van der Waals surface area contributed by atoms with E-state index >= 15 is 0 Å². The number of sulfone groups is 1. The van der Waals surface area contributed by atoms with E-state index in [-0.39, 0.29) is 4.90 Å². The minimum atomic E-state index is -4.53. The Morgan fingerprint density at radius 2 is 1.53 bits per heavy atom. The highest BCUT2D eigenvalue weighted by Gasteiger charge is 2.35. The van der Waals surface area contributed by atoms with Crippen LogP contribution in [-0.2, 0) is 22.6 Å². The van der Waals surface area contributed by atoms with Crippen molar-refractivity contribution in [3.8, 4) is 22.4 Å². The quantitative estimate of drug-likeness (QED) is 0.523. The lowest BCUT2D eigenvalue weighted by atomic mass is 10.0. The second-order valence-electron chi connectivity index (χ2n) is 8.66. The maximum Gasteiger partial charge on any atom is 0.435 e. The van der Waals surface area contributed by atoms with E-state index < -0.39 is 21.7 Å². The molecule has 0 unspecified atom stereocenters. The third kappa shape index (κ3) is 5.68. The Hall–Kier alpha value is -2.69. The molecular formula is C24H27F3N4O2S. The van der Waals surface area contributed by atoms with Crippen LogP contribution in [-0.4, -0.2) is 74.0 Å². The Balaban J connectivity index is 1.60. The number of hydrogen-bond donors (Lipinski definition) is 0. The highest BCUT2D eigenvalue weighted by molar-refractivity contribution is 7.90. The van der Waals surface area contributed by atoms with Crippen LogP contribution in [0.15, 0.2) is 59.5 Å². The molecule has 2 heterocycles. The molecule has 3 aromatic rings. The average Bonchev–Trinajstić information content (AvgIpc) is 3.23. The standard InChI is InChI=1S/C24H27F3N4O2S/c1-29-10-12-30(13-11-29)14-15-31-22(17-23(28-31)24(25,26)27)19-8-6-18(7-9-19)20-4-3-5-21(16-20)34(2,32)33/h3-9,16-17H,10-15H2,1-2H3. The van der Waals surface area contributed by atoms with Crippen LogP contribution in [0.25, 0.3) is 22.4 Å². The normalized spacial score (nSPS) is 16.1. The Morgan fingerprint density at radius 1 is 0.882 bits per heavy atom. The summed E-state index contributed by atoms with van der Waals surface area (Å²) >= 11 is 0. The molecule has 0 aliphatic carbocycles. The first-order valence-electron chi connectivity index (χ1n) is 11.0. The van der Waals surface area contributed by atoms with Crippen molar-refractivity contribution in [2.75, 3.05) is 46.0 Å². The molecule has 1 saturated heterocycles. The largest absolute Gasteiger partial charge is 0.435 e. The molecule has 182 valence electrons. The van der Waals surface area contributed by atoms with E-state index in [1.54, 1.807) is 42.5 Å². The van der Waals surface area contributed by atoms with E-state index in [9.17, 15) is 21.6 Å². The number of nitrogens with zero attached hydrogens (tertiary/aromatic N) is 4. The minimum Gasteiger partial charge on any atom is -0.304 e. The number of alkyl halides is 3. The van der Waals surface area contributed by atoms with Gasteiger partial charge in [-0.15, -0.1) is 0 Å². The van der Waals surface area contributed by atoms with Gasteiger partial charge in [0.1, 0.15) is 0 Å². The molecule has 10 heteroatoms. The number of rotatable bonds is 6. The molecule has 34 heavy (non-hydrogen) atoms. The molecule has 0 N–H and O–H groups in total. The van der Waals surface area contributed by atoms with Crippen LogP contribution in [0.1, 0.15) is 5.69 Å². The van der Waals surface area contributed by atoms with Crippen LogP contribution < -0.4 is 0 Å². The summed E-state index contributed by atoms with van der Waals surface area (Å²) in [7, 11) is -1.29. The number of hydrogen-bond acceptors (Lipinski definition) is 5. The van der Waals surface area contributed by atoms with Gasteiger partial charge in [0.05, 0.1) is 17.1 Å². The average molecular weight is 493 g/mol. The first-order chi connectivity index (χ1) is 16.0. The van der Waals surface area contributed by atoms with E-state index in [0.717, 1.165) is 44.1 Å². The zero-order valence-corrected chi connectivity index (χ0v) is 19.9. The molecule has 6 nitrogen and oxygen atoms in total. The van der Waals surface area contributed by atoms with E-state index in [2.05, 4.69) is 21.9 Å². The number of aromatic nitrogens is 2. The molecule has 2 aromatic carbocycles. The lowest BCUT2D eigenvalue weighted by molar-refractivity contribution is -0.141. The Bertz CT molecular complexity index is 1250. The lowest BCUT2D eigenvalue weighted by Crippen LogP contribution is -2.45. The fraction of sp³-hybridized carbons (Fsp3) is 0.375. The van der Waals surface area contributed by atoms with Gasteiger partial charge in [0, 0.05) is 39.0 Å². The number of likely N-dealkylation sites (N-methyl/N-ethyl adjacent to an activating group) is 1. The predicted octanol–water partition coefficient (Wildman–Crippen LogP) is 3.89. The minimum absolute atomic E-state index is 0.214. The van der Waals surface area contributed by atoms with Crippen LogP contribution >= 0.6 is 0 Å². The summed E-state index contributed by atoms with van der Waals surface area (Å²) in [5.74, 6) is 0. The zero-order chi connectivity index (χ0) is 24.5. The van der Waals surface area contributed by atoms with Gasteiger partial charge in [-0.05, 0) is 41.9 Å². The number of halogens is 3. The van der Waals surface area contributed by atoms with Gasteiger partial charge in [-0.3, -0.25) is 9.58 Å². The van der Waals surface area contributed by atoms with Gasteiger partial charge in [0.2, 0.25) is 0 Å². The van der Waals surface area contributed by atoms with Crippen LogP contribution in [0.4, 0.5) is 13.2 Å². The topological polar surface area (TPSA) is 58.4 Å². The molecule has 0 atom stereocenters. The molecule has 0 bridgehead atoms. The second-order valence-corrected chi connectivity index (χ2v) is 10.7. The van der Waals surface area contributed by atoms with Gasteiger partial charge in [-0.25, -0.2) is 8.42 Å². The van der Waals surface area contributed by atoms with Gasteiger partial charge in [0.25, 0.3) is 0 Å². The van der Waals surface area contributed by atoms with Gasteiger partial charge < -0.3 is 4.90 Å². The van der Waals surface area contributed by atoms with Crippen molar-refractivity contribution in [1.82, 2.24) is 19.6 Å². The van der Waals surface area contributed by atoms with E-state index in [4.69, 9.17) is 0 Å². The lowest BCUT2D eigenvalue weighted by Gasteiger charge is -2.32.